The molecule has 0 fully saturated rings. The van der Waals surface area contributed by atoms with Gasteiger partial charge in [-0.3, -0.25) is 9.59 Å². The van der Waals surface area contributed by atoms with E-state index in [1.165, 1.54) is 11.3 Å². The van der Waals surface area contributed by atoms with Gasteiger partial charge in [0.2, 0.25) is 0 Å². The van der Waals surface area contributed by atoms with Crippen LogP contribution in [0, 0.1) is 13.8 Å². The topological polar surface area (TPSA) is 74.8 Å². The molecule has 3 rings (SSSR count). The highest BCUT2D eigenvalue weighted by Gasteiger charge is 2.11. The average Bonchev–Trinajstić information content (AvgIpc) is 2.94. The third-order valence-electron chi connectivity index (χ3n) is 3.86. The molecule has 2 aromatic heterocycles. The number of anilines is 1. The first-order valence-electron chi connectivity index (χ1n) is 7.38. The van der Waals surface area contributed by atoms with Crippen molar-refractivity contribution in [1.82, 2.24) is 9.97 Å². The second-order valence-corrected chi connectivity index (χ2v) is 6.44. The largest absolute Gasteiger partial charge is 0.322 e. The van der Waals surface area contributed by atoms with Crippen LogP contribution in [0.4, 0.5) is 5.69 Å². The van der Waals surface area contributed by atoms with E-state index in [1.807, 2.05) is 32.9 Å². The summed E-state index contributed by atoms with van der Waals surface area (Å²) in [5.74, 6) is -0.252. The molecule has 0 saturated carbocycles. The summed E-state index contributed by atoms with van der Waals surface area (Å²) in [5.41, 5.74) is 3.46. The van der Waals surface area contributed by atoms with Crippen molar-refractivity contribution in [3.8, 4) is 0 Å². The molecule has 23 heavy (non-hydrogen) atoms. The van der Waals surface area contributed by atoms with Gasteiger partial charge in [-0.2, -0.15) is 0 Å². The zero-order valence-corrected chi connectivity index (χ0v) is 14.0. The quantitative estimate of drug-likeness (QED) is 0.774. The van der Waals surface area contributed by atoms with Crippen molar-refractivity contribution >= 4 is 33.8 Å². The average molecular weight is 327 g/mol. The third-order valence-corrected chi connectivity index (χ3v) is 4.64. The molecule has 0 aliphatic rings. The summed E-state index contributed by atoms with van der Waals surface area (Å²) < 4.78 is 0. The fourth-order valence-electron chi connectivity index (χ4n) is 2.67. The lowest BCUT2D eigenvalue weighted by atomic mass is 10.0. The maximum absolute atomic E-state index is 12.2. The molecule has 0 atom stereocenters. The molecule has 6 heteroatoms. The zero-order valence-electron chi connectivity index (χ0n) is 13.2. The Morgan fingerprint density at radius 1 is 1.35 bits per heavy atom. The van der Waals surface area contributed by atoms with Crippen LogP contribution in [0.15, 0.2) is 28.4 Å². The van der Waals surface area contributed by atoms with E-state index < -0.39 is 0 Å². The highest BCUT2D eigenvalue weighted by atomic mass is 32.1. The molecule has 5 nitrogen and oxygen atoms in total. The normalized spacial score (nSPS) is 10.9. The van der Waals surface area contributed by atoms with Crippen LogP contribution in [0.5, 0.6) is 0 Å². The number of thiazole rings is 1. The number of benzene rings is 1. The number of carbonyl (C=O) groups is 1. The van der Waals surface area contributed by atoms with Crippen LogP contribution in [0.2, 0.25) is 0 Å². The van der Waals surface area contributed by atoms with Gasteiger partial charge in [-0.15, -0.1) is 11.3 Å². The van der Waals surface area contributed by atoms with Crippen LogP contribution >= 0.6 is 11.3 Å². The molecule has 2 heterocycles. The lowest BCUT2D eigenvalue weighted by Gasteiger charge is -2.09. The Hall–Kier alpha value is -2.47. The lowest BCUT2D eigenvalue weighted by Crippen LogP contribution is -2.15. The molecule has 1 amide bonds. The molecule has 0 bridgehead atoms. The number of fused-ring (bicyclic) bond motifs is 1. The number of pyridine rings is 1. The molecule has 118 valence electrons. The number of aryl methyl sites for hydroxylation is 2. The number of amides is 1. The van der Waals surface area contributed by atoms with Crippen molar-refractivity contribution in [2.75, 3.05) is 5.32 Å². The highest BCUT2D eigenvalue weighted by molar-refractivity contribution is 7.09. The molecule has 1 aromatic carbocycles. The van der Waals surface area contributed by atoms with Crippen LogP contribution in [-0.4, -0.2) is 15.9 Å². The summed E-state index contributed by atoms with van der Waals surface area (Å²) >= 11 is 1.43. The van der Waals surface area contributed by atoms with Crippen molar-refractivity contribution in [3.63, 3.8) is 0 Å². The molecule has 0 aliphatic carbocycles. The minimum Gasteiger partial charge on any atom is -0.322 e. The van der Waals surface area contributed by atoms with Gasteiger partial charge in [0.05, 0.1) is 10.5 Å². The van der Waals surface area contributed by atoms with Gasteiger partial charge in [-0.05, 0) is 38.0 Å². The minimum absolute atomic E-state index is 0.0731. The van der Waals surface area contributed by atoms with Crippen LogP contribution in [0.1, 0.15) is 33.5 Å². The Labute approximate surface area is 137 Å². The van der Waals surface area contributed by atoms with Crippen LogP contribution in [0.3, 0.4) is 0 Å². The van der Waals surface area contributed by atoms with Crippen molar-refractivity contribution < 1.29 is 4.79 Å². The summed E-state index contributed by atoms with van der Waals surface area (Å²) in [7, 11) is 0. The Morgan fingerprint density at radius 2 is 2.13 bits per heavy atom. The standard InChI is InChI=1S/C17H17N3O2S/c1-4-12-9(2)13-6-5-11(7-14(13)20-16(12)21)19-17(22)15-8-23-10(3)18-15/h5-8H,4H2,1-3H3,(H,19,22)(H,20,21). The molecular weight excluding hydrogens is 310 g/mol. The minimum atomic E-state index is -0.252. The van der Waals surface area contributed by atoms with Gasteiger partial charge in [0.1, 0.15) is 5.69 Å². The summed E-state index contributed by atoms with van der Waals surface area (Å²) in [6.07, 6.45) is 0.693. The molecule has 0 unspecified atom stereocenters. The second-order valence-electron chi connectivity index (χ2n) is 5.38. The van der Waals surface area contributed by atoms with Gasteiger partial charge >= 0.3 is 0 Å². The van der Waals surface area contributed by atoms with Crippen LogP contribution in [-0.2, 0) is 6.42 Å². The van der Waals surface area contributed by atoms with Gasteiger partial charge in [0, 0.05) is 22.0 Å². The molecule has 2 N–H and O–H groups in total. The number of hydrogen-bond acceptors (Lipinski definition) is 4. The van der Waals surface area contributed by atoms with Gasteiger partial charge in [0.15, 0.2) is 0 Å². The molecule has 0 aliphatic heterocycles. The second kappa shape index (κ2) is 5.96. The maximum Gasteiger partial charge on any atom is 0.275 e. The zero-order chi connectivity index (χ0) is 16.6. The predicted octanol–water partition coefficient (Wildman–Crippen LogP) is 3.42. The Morgan fingerprint density at radius 3 is 2.78 bits per heavy atom. The van der Waals surface area contributed by atoms with Crippen LogP contribution in [0.25, 0.3) is 10.9 Å². The highest BCUT2D eigenvalue weighted by Crippen LogP contribution is 2.22. The molecule has 3 aromatic rings. The summed E-state index contributed by atoms with van der Waals surface area (Å²) in [4.78, 5) is 31.3. The summed E-state index contributed by atoms with van der Waals surface area (Å²) in [6, 6.07) is 5.53. The van der Waals surface area contributed by atoms with Gasteiger partial charge in [-0.25, -0.2) is 4.98 Å². The number of carbonyl (C=O) groups excluding carboxylic acids is 1. The van der Waals surface area contributed by atoms with Crippen molar-refractivity contribution in [3.05, 3.63) is 55.8 Å². The van der Waals surface area contributed by atoms with E-state index in [0.29, 0.717) is 17.8 Å². The Kier molecular flexibility index (Phi) is 4.00. The van der Waals surface area contributed by atoms with E-state index in [1.54, 1.807) is 11.4 Å². The number of H-pyrrole nitrogens is 1. The van der Waals surface area contributed by atoms with E-state index >= 15 is 0 Å². The lowest BCUT2D eigenvalue weighted by molar-refractivity contribution is 0.102. The molecule has 0 spiro atoms. The molecule has 0 radical (unpaired) electrons. The maximum atomic E-state index is 12.2. The first-order valence-corrected chi connectivity index (χ1v) is 8.26. The van der Waals surface area contributed by atoms with Crippen LogP contribution < -0.4 is 10.9 Å². The van der Waals surface area contributed by atoms with Crippen molar-refractivity contribution in [2.45, 2.75) is 27.2 Å². The molecule has 0 saturated heterocycles. The van der Waals surface area contributed by atoms with E-state index in [-0.39, 0.29) is 11.5 Å². The summed E-state index contributed by atoms with van der Waals surface area (Å²) in [6.45, 7) is 5.77. The number of aromatic amines is 1. The van der Waals surface area contributed by atoms with E-state index in [4.69, 9.17) is 0 Å². The Bertz CT molecular complexity index is 956. The Balaban J connectivity index is 1.97. The first-order chi connectivity index (χ1) is 11.0. The number of aromatic nitrogens is 2. The first kappa shape index (κ1) is 15.4. The van der Waals surface area contributed by atoms with E-state index in [9.17, 15) is 9.59 Å². The fourth-order valence-corrected chi connectivity index (χ4v) is 3.26. The monoisotopic (exact) mass is 327 g/mol. The van der Waals surface area contributed by atoms with Gasteiger partial charge in [0.25, 0.3) is 11.5 Å². The fraction of sp³-hybridized carbons (Fsp3) is 0.235. The van der Waals surface area contributed by atoms with Gasteiger partial charge < -0.3 is 10.3 Å². The van der Waals surface area contributed by atoms with Crippen molar-refractivity contribution in [2.24, 2.45) is 0 Å². The number of nitrogens with zero attached hydrogens (tertiary/aromatic N) is 1. The third kappa shape index (κ3) is 2.90. The smallest absolute Gasteiger partial charge is 0.275 e. The molecular formula is C17H17N3O2S. The number of nitrogens with one attached hydrogen (secondary N) is 2. The summed E-state index contributed by atoms with van der Waals surface area (Å²) in [5, 5.41) is 6.38. The number of hydrogen-bond donors (Lipinski definition) is 2. The van der Waals surface area contributed by atoms with E-state index in [0.717, 1.165) is 27.0 Å². The number of rotatable bonds is 3. The predicted molar refractivity (Wildman–Crippen MR) is 93.5 cm³/mol. The van der Waals surface area contributed by atoms with E-state index in [2.05, 4.69) is 15.3 Å². The SMILES string of the molecule is CCc1c(C)c2ccc(NC(=O)c3csc(C)n3)cc2[nH]c1=O. The van der Waals surface area contributed by atoms with Crippen molar-refractivity contribution in [1.29, 1.82) is 0 Å². The van der Waals surface area contributed by atoms with Gasteiger partial charge in [-0.1, -0.05) is 13.0 Å².